The lowest BCUT2D eigenvalue weighted by Gasteiger charge is -2.36. The molecule has 2 aliphatic rings. The number of hydrogen-bond donors (Lipinski definition) is 1. The number of nitrogen functional groups attached to an aromatic ring is 1. The molecule has 5 heterocycles. The average Bonchev–Trinajstić information content (AvgIpc) is 3.36. The van der Waals surface area contributed by atoms with Crippen LogP contribution in [0, 0.1) is 0 Å². The van der Waals surface area contributed by atoms with Crippen LogP contribution in [0.25, 0.3) is 21.6 Å². The molecule has 0 saturated carbocycles. The molecule has 38 heavy (non-hydrogen) atoms. The lowest BCUT2D eigenvalue weighted by Crippen LogP contribution is -2.42. The SMILES string of the molecule is CN(Cc1ccccc1)C1CCN(Cc2cc3c(N4CCOCC4)nc(-c4cnc(N)nc4)nc3s2)CC1. The van der Waals surface area contributed by atoms with Crippen LogP contribution in [0.15, 0.2) is 48.8 Å². The maximum Gasteiger partial charge on any atom is 0.219 e. The number of likely N-dealkylation sites (tertiary alicyclic amines) is 1. The normalized spacial score (nSPS) is 17.5. The molecule has 0 spiro atoms. The van der Waals surface area contributed by atoms with Crippen molar-refractivity contribution in [2.24, 2.45) is 0 Å². The fraction of sp³-hybridized carbons (Fsp3) is 0.429. The Labute approximate surface area is 227 Å². The third-order valence-electron chi connectivity index (χ3n) is 7.50. The molecular formula is C28H34N8OS. The molecular weight excluding hydrogens is 496 g/mol. The summed E-state index contributed by atoms with van der Waals surface area (Å²) >= 11 is 1.76. The first-order valence-electron chi connectivity index (χ1n) is 13.3. The number of hydrogen-bond acceptors (Lipinski definition) is 10. The molecule has 0 aliphatic carbocycles. The van der Waals surface area contributed by atoms with Crippen molar-refractivity contribution in [1.29, 1.82) is 0 Å². The summed E-state index contributed by atoms with van der Waals surface area (Å²) in [6.45, 7) is 7.21. The second kappa shape index (κ2) is 11.3. The first-order valence-corrected chi connectivity index (χ1v) is 14.1. The highest BCUT2D eigenvalue weighted by atomic mass is 32.1. The quantitative estimate of drug-likeness (QED) is 0.384. The van der Waals surface area contributed by atoms with Gasteiger partial charge in [-0.05, 0) is 31.5 Å². The Bertz CT molecular complexity index is 1350. The van der Waals surface area contributed by atoms with E-state index in [1.54, 1.807) is 23.7 Å². The molecule has 0 radical (unpaired) electrons. The van der Waals surface area contributed by atoms with E-state index in [4.69, 9.17) is 20.4 Å². The van der Waals surface area contributed by atoms with Gasteiger partial charge in [0.1, 0.15) is 10.6 Å². The van der Waals surface area contributed by atoms with Crippen molar-refractivity contribution >= 4 is 33.3 Å². The lowest BCUT2D eigenvalue weighted by atomic mass is 10.0. The van der Waals surface area contributed by atoms with Crippen LogP contribution >= 0.6 is 11.3 Å². The van der Waals surface area contributed by atoms with Gasteiger partial charge in [-0.2, -0.15) is 0 Å². The smallest absolute Gasteiger partial charge is 0.219 e. The number of fused-ring (bicyclic) bond motifs is 1. The summed E-state index contributed by atoms with van der Waals surface area (Å²) in [6, 6.07) is 13.7. The fourth-order valence-electron chi connectivity index (χ4n) is 5.37. The molecule has 1 aromatic carbocycles. The Hall–Kier alpha value is -3.18. The predicted octanol–water partition coefficient (Wildman–Crippen LogP) is 3.66. The highest BCUT2D eigenvalue weighted by Gasteiger charge is 2.24. The van der Waals surface area contributed by atoms with Crippen molar-refractivity contribution in [2.45, 2.75) is 32.0 Å². The van der Waals surface area contributed by atoms with E-state index >= 15 is 0 Å². The minimum Gasteiger partial charge on any atom is -0.378 e. The first kappa shape index (κ1) is 25.1. The number of anilines is 2. The van der Waals surface area contributed by atoms with Crippen LogP contribution in [0.2, 0.25) is 0 Å². The minimum absolute atomic E-state index is 0.247. The average molecular weight is 531 g/mol. The summed E-state index contributed by atoms with van der Waals surface area (Å²) in [5, 5.41) is 1.12. The van der Waals surface area contributed by atoms with Gasteiger partial charge in [0.05, 0.1) is 24.2 Å². The van der Waals surface area contributed by atoms with E-state index in [1.165, 1.54) is 23.3 Å². The van der Waals surface area contributed by atoms with Gasteiger partial charge in [-0.15, -0.1) is 11.3 Å². The predicted molar refractivity (Wildman–Crippen MR) is 152 cm³/mol. The van der Waals surface area contributed by atoms with Crippen LogP contribution in [0.3, 0.4) is 0 Å². The third-order valence-corrected chi connectivity index (χ3v) is 8.51. The van der Waals surface area contributed by atoms with Gasteiger partial charge in [0.25, 0.3) is 0 Å². The van der Waals surface area contributed by atoms with Crippen molar-refractivity contribution in [3.8, 4) is 11.4 Å². The van der Waals surface area contributed by atoms with E-state index in [0.29, 0.717) is 25.1 Å². The zero-order chi connectivity index (χ0) is 25.9. The van der Waals surface area contributed by atoms with Gasteiger partial charge in [-0.3, -0.25) is 9.80 Å². The van der Waals surface area contributed by atoms with Crippen LogP contribution in [0.5, 0.6) is 0 Å². The maximum absolute atomic E-state index is 5.70. The van der Waals surface area contributed by atoms with Gasteiger partial charge in [-0.25, -0.2) is 19.9 Å². The summed E-state index contributed by atoms with van der Waals surface area (Å²) in [4.78, 5) is 27.9. The molecule has 4 aromatic rings. The van der Waals surface area contributed by atoms with E-state index in [9.17, 15) is 0 Å². The number of thiophene rings is 1. The van der Waals surface area contributed by atoms with Crippen LogP contribution < -0.4 is 10.6 Å². The molecule has 198 valence electrons. The van der Waals surface area contributed by atoms with Crippen molar-refractivity contribution in [2.75, 3.05) is 57.1 Å². The number of nitrogens with zero attached hydrogens (tertiary/aromatic N) is 7. The van der Waals surface area contributed by atoms with E-state index in [-0.39, 0.29) is 5.95 Å². The molecule has 0 amide bonds. The van der Waals surface area contributed by atoms with Gasteiger partial charge >= 0.3 is 0 Å². The Balaban J connectivity index is 1.18. The summed E-state index contributed by atoms with van der Waals surface area (Å²) < 4.78 is 5.60. The molecule has 2 N–H and O–H groups in total. The molecule has 0 atom stereocenters. The first-order chi connectivity index (χ1) is 18.6. The van der Waals surface area contributed by atoms with Gasteiger partial charge in [0.2, 0.25) is 5.95 Å². The van der Waals surface area contributed by atoms with E-state index < -0.39 is 0 Å². The van der Waals surface area contributed by atoms with Crippen LogP contribution in [-0.2, 0) is 17.8 Å². The van der Waals surface area contributed by atoms with Crippen LogP contribution in [0.4, 0.5) is 11.8 Å². The van der Waals surface area contributed by atoms with Crippen molar-refractivity contribution < 1.29 is 4.74 Å². The van der Waals surface area contributed by atoms with Gasteiger partial charge in [-0.1, -0.05) is 30.3 Å². The molecule has 2 aliphatic heterocycles. The second-order valence-electron chi connectivity index (χ2n) is 10.1. The van der Waals surface area contributed by atoms with Crippen LogP contribution in [0.1, 0.15) is 23.3 Å². The Morgan fingerprint density at radius 1 is 1.03 bits per heavy atom. The van der Waals surface area contributed by atoms with Crippen molar-refractivity contribution in [3.63, 3.8) is 0 Å². The highest BCUT2D eigenvalue weighted by Crippen LogP contribution is 2.34. The number of piperidine rings is 1. The molecule has 3 aromatic heterocycles. The maximum atomic E-state index is 5.70. The van der Waals surface area contributed by atoms with E-state index in [2.05, 4.69) is 68.1 Å². The number of benzene rings is 1. The standard InChI is InChI=1S/C28H34N8OS/c1-34(18-20-5-3-2-4-6-20)22-7-9-35(10-8-22)19-23-15-24-26(36-11-13-37-14-12-36)32-25(33-27(24)38-23)21-16-30-28(29)31-17-21/h2-6,15-17,22H,7-14,18-19H2,1H3,(H2,29,30,31). The topological polar surface area (TPSA) is 96.5 Å². The molecule has 2 fully saturated rings. The summed E-state index contributed by atoms with van der Waals surface area (Å²) in [5.41, 5.74) is 7.85. The zero-order valence-electron chi connectivity index (χ0n) is 21.8. The van der Waals surface area contributed by atoms with E-state index in [0.717, 1.165) is 60.9 Å². The molecule has 0 bridgehead atoms. The third kappa shape index (κ3) is 5.63. The fourth-order valence-corrected chi connectivity index (χ4v) is 6.44. The Kier molecular flexibility index (Phi) is 7.46. The number of aromatic nitrogens is 4. The molecule has 6 rings (SSSR count). The lowest BCUT2D eigenvalue weighted by molar-refractivity contribution is 0.120. The number of nitrogens with two attached hydrogens (primary N) is 1. The number of morpholine rings is 1. The Morgan fingerprint density at radius 2 is 1.76 bits per heavy atom. The highest BCUT2D eigenvalue weighted by molar-refractivity contribution is 7.18. The van der Waals surface area contributed by atoms with E-state index in [1.807, 2.05) is 0 Å². The molecule has 0 unspecified atom stereocenters. The van der Waals surface area contributed by atoms with Gasteiger partial charge in [0, 0.05) is 62.6 Å². The summed E-state index contributed by atoms with van der Waals surface area (Å²) in [6.07, 6.45) is 5.77. The number of ether oxygens (including phenoxy) is 1. The van der Waals surface area contributed by atoms with Crippen molar-refractivity contribution in [3.05, 3.63) is 59.2 Å². The summed E-state index contributed by atoms with van der Waals surface area (Å²) in [5.74, 6) is 1.85. The minimum atomic E-state index is 0.247. The second-order valence-corrected chi connectivity index (χ2v) is 11.3. The van der Waals surface area contributed by atoms with Crippen LogP contribution in [-0.4, -0.2) is 82.2 Å². The zero-order valence-corrected chi connectivity index (χ0v) is 22.6. The summed E-state index contributed by atoms with van der Waals surface area (Å²) in [7, 11) is 2.26. The monoisotopic (exact) mass is 530 g/mol. The molecule has 10 heteroatoms. The Morgan fingerprint density at radius 3 is 2.50 bits per heavy atom. The molecule has 2 saturated heterocycles. The number of rotatable bonds is 7. The van der Waals surface area contributed by atoms with Crippen molar-refractivity contribution in [1.82, 2.24) is 29.7 Å². The molecule has 9 nitrogen and oxygen atoms in total. The van der Waals surface area contributed by atoms with Gasteiger partial charge in [0.15, 0.2) is 5.82 Å². The van der Waals surface area contributed by atoms with Gasteiger partial charge < -0.3 is 15.4 Å². The largest absolute Gasteiger partial charge is 0.378 e.